The molecule has 0 aliphatic heterocycles. The van der Waals surface area contributed by atoms with Gasteiger partial charge in [0, 0.05) is 25.4 Å². The summed E-state index contributed by atoms with van der Waals surface area (Å²) in [5.41, 5.74) is 1.18. The zero-order valence-corrected chi connectivity index (χ0v) is 10.2. The van der Waals surface area contributed by atoms with Crippen LogP contribution in [0.4, 0.5) is 0 Å². The normalized spacial score (nSPS) is 12.4. The van der Waals surface area contributed by atoms with Gasteiger partial charge in [0.05, 0.1) is 13.7 Å². The topological polar surface area (TPSA) is 43.4 Å². The summed E-state index contributed by atoms with van der Waals surface area (Å²) in [6.07, 6.45) is 2.76. The first-order chi connectivity index (χ1) is 7.80. The summed E-state index contributed by atoms with van der Waals surface area (Å²) >= 11 is 0. The molecule has 0 aliphatic carbocycles. The smallest absolute Gasteiger partial charge is 0.212 e. The molecule has 0 bridgehead atoms. The second-order valence-corrected chi connectivity index (χ2v) is 3.62. The van der Waals surface area contributed by atoms with Crippen molar-refractivity contribution in [3.05, 3.63) is 23.9 Å². The molecule has 4 nitrogen and oxygen atoms in total. The lowest BCUT2D eigenvalue weighted by atomic mass is 10.1. The Morgan fingerprint density at radius 2 is 2.19 bits per heavy atom. The first-order valence-electron chi connectivity index (χ1n) is 5.51. The highest BCUT2D eigenvalue weighted by Gasteiger charge is 2.08. The Hall–Kier alpha value is -1.13. The van der Waals surface area contributed by atoms with E-state index in [1.165, 1.54) is 5.56 Å². The molecule has 90 valence electrons. The van der Waals surface area contributed by atoms with E-state index in [1.54, 1.807) is 14.2 Å². The fourth-order valence-electron chi connectivity index (χ4n) is 1.62. The first kappa shape index (κ1) is 12.9. The molecule has 16 heavy (non-hydrogen) atoms. The molecule has 0 spiro atoms. The maximum absolute atomic E-state index is 5.17. The van der Waals surface area contributed by atoms with E-state index in [9.17, 15) is 0 Å². The average molecular weight is 224 g/mol. The highest BCUT2D eigenvalue weighted by Crippen LogP contribution is 2.08. The minimum absolute atomic E-state index is 0.338. The molecule has 1 N–H and O–H groups in total. The minimum atomic E-state index is 0.338. The number of methoxy groups -OCH3 is 2. The molecule has 1 aromatic heterocycles. The lowest BCUT2D eigenvalue weighted by molar-refractivity contribution is 0.167. The van der Waals surface area contributed by atoms with Crippen LogP contribution in [-0.4, -0.2) is 38.4 Å². The zero-order valence-electron chi connectivity index (χ0n) is 10.2. The summed E-state index contributed by atoms with van der Waals surface area (Å²) in [5.74, 6) is 0.649. The van der Waals surface area contributed by atoms with Crippen molar-refractivity contribution in [1.82, 2.24) is 10.3 Å². The van der Waals surface area contributed by atoms with Crippen molar-refractivity contribution in [2.45, 2.75) is 19.4 Å². The van der Waals surface area contributed by atoms with E-state index < -0.39 is 0 Å². The third-order valence-electron chi connectivity index (χ3n) is 2.35. The van der Waals surface area contributed by atoms with E-state index in [0.29, 0.717) is 18.5 Å². The van der Waals surface area contributed by atoms with Crippen LogP contribution in [0.1, 0.15) is 12.5 Å². The fourth-order valence-corrected chi connectivity index (χ4v) is 1.62. The predicted octanol–water partition coefficient (Wildman–Crippen LogP) is 1.26. The van der Waals surface area contributed by atoms with Gasteiger partial charge in [0.1, 0.15) is 0 Å². The van der Waals surface area contributed by atoms with Crippen molar-refractivity contribution in [3.63, 3.8) is 0 Å². The number of nitrogens with zero attached hydrogens (tertiary/aromatic N) is 1. The third kappa shape index (κ3) is 4.16. The molecule has 1 aromatic rings. The molecule has 1 rings (SSSR count). The van der Waals surface area contributed by atoms with Crippen LogP contribution < -0.4 is 10.1 Å². The quantitative estimate of drug-likeness (QED) is 0.757. The molecule has 0 amide bonds. The molecule has 1 unspecified atom stereocenters. The van der Waals surface area contributed by atoms with E-state index in [1.807, 2.05) is 18.3 Å². The summed E-state index contributed by atoms with van der Waals surface area (Å²) in [5, 5.41) is 3.38. The molecule has 0 radical (unpaired) electrons. The van der Waals surface area contributed by atoms with Gasteiger partial charge in [0.2, 0.25) is 5.88 Å². The van der Waals surface area contributed by atoms with Crippen molar-refractivity contribution < 1.29 is 9.47 Å². The maximum Gasteiger partial charge on any atom is 0.212 e. The number of hydrogen-bond acceptors (Lipinski definition) is 4. The van der Waals surface area contributed by atoms with Crippen molar-refractivity contribution >= 4 is 0 Å². The molecule has 0 saturated heterocycles. The van der Waals surface area contributed by atoms with Gasteiger partial charge >= 0.3 is 0 Å². The molecule has 1 atom stereocenters. The van der Waals surface area contributed by atoms with Crippen molar-refractivity contribution in [3.8, 4) is 5.88 Å². The van der Waals surface area contributed by atoms with Crippen molar-refractivity contribution in [2.24, 2.45) is 0 Å². The fraction of sp³-hybridized carbons (Fsp3) is 0.583. The van der Waals surface area contributed by atoms with E-state index in [0.717, 1.165) is 13.0 Å². The highest BCUT2D eigenvalue weighted by molar-refractivity contribution is 5.18. The van der Waals surface area contributed by atoms with Gasteiger partial charge in [-0.05, 0) is 18.5 Å². The number of aromatic nitrogens is 1. The summed E-state index contributed by atoms with van der Waals surface area (Å²) in [6, 6.07) is 4.25. The standard InChI is InChI=1S/C12H20N2O2/c1-4-13-11(9-15-2)7-10-5-6-12(16-3)14-8-10/h5-6,8,11,13H,4,7,9H2,1-3H3. The summed E-state index contributed by atoms with van der Waals surface area (Å²) < 4.78 is 10.2. The Bertz CT molecular complexity index is 282. The van der Waals surface area contributed by atoms with Gasteiger partial charge in [0.25, 0.3) is 0 Å². The zero-order chi connectivity index (χ0) is 11.8. The van der Waals surface area contributed by atoms with Gasteiger partial charge in [-0.3, -0.25) is 0 Å². The Morgan fingerprint density at radius 1 is 1.38 bits per heavy atom. The van der Waals surface area contributed by atoms with Crippen LogP contribution in [0.15, 0.2) is 18.3 Å². The van der Waals surface area contributed by atoms with Gasteiger partial charge < -0.3 is 14.8 Å². The van der Waals surface area contributed by atoms with Crippen molar-refractivity contribution in [1.29, 1.82) is 0 Å². The summed E-state index contributed by atoms with van der Waals surface area (Å²) in [6.45, 7) is 3.74. The van der Waals surface area contributed by atoms with Gasteiger partial charge in [-0.15, -0.1) is 0 Å². The van der Waals surface area contributed by atoms with Crippen LogP contribution >= 0.6 is 0 Å². The largest absolute Gasteiger partial charge is 0.481 e. The number of hydrogen-bond donors (Lipinski definition) is 1. The predicted molar refractivity (Wildman–Crippen MR) is 63.8 cm³/mol. The molecular formula is C12H20N2O2. The highest BCUT2D eigenvalue weighted by atomic mass is 16.5. The minimum Gasteiger partial charge on any atom is -0.481 e. The van der Waals surface area contributed by atoms with Gasteiger partial charge in [0.15, 0.2) is 0 Å². The lowest BCUT2D eigenvalue weighted by Crippen LogP contribution is -2.34. The van der Waals surface area contributed by atoms with E-state index in [4.69, 9.17) is 9.47 Å². The van der Waals surface area contributed by atoms with Crippen molar-refractivity contribution in [2.75, 3.05) is 27.4 Å². The average Bonchev–Trinajstić information content (AvgIpc) is 2.31. The summed E-state index contributed by atoms with van der Waals surface area (Å²) in [7, 11) is 3.34. The second kappa shape index (κ2) is 7.19. The lowest BCUT2D eigenvalue weighted by Gasteiger charge is -2.16. The monoisotopic (exact) mass is 224 g/mol. The number of ether oxygens (including phenoxy) is 2. The van der Waals surface area contributed by atoms with E-state index in [2.05, 4.69) is 17.2 Å². The molecular weight excluding hydrogens is 204 g/mol. The van der Waals surface area contributed by atoms with Crippen LogP contribution in [0.2, 0.25) is 0 Å². The number of pyridine rings is 1. The van der Waals surface area contributed by atoms with E-state index >= 15 is 0 Å². The van der Waals surface area contributed by atoms with Crippen LogP contribution in [0.25, 0.3) is 0 Å². The molecule has 0 aromatic carbocycles. The maximum atomic E-state index is 5.17. The van der Waals surface area contributed by atoms with Crippen LogP contribution in [0, 0.1) is 0 Å². The molecule has 4 heteroatoms. The Morgan fingerprint density at radius 3 is 2.69 bits per heavy atom. The summed E-state index contributed by atoms with van der Waals surface area (Å²) in [4.78, 5) is 4.18. The van der Waals surface area contributed by atoms with Gasteiger partial charge in [-0.1, -0.05) is 13.0 Å². The molecule has 1 heterocycles. The Balaban J connectivity index is 2.54. The molecule has 0 aliphatic rings. The molecule has 0 fully saturated rings. The van der Waals surface area contributed by atoms with Gasteiger partial charge in [-0.25, -0.2) is 4.98 Å². The second-order valence-electron chi connectivity index (χ2n) is 3.62. The van der Waals surface area contributed by atoms with E-state index in [-0.39, 0.29) is 0 Å². The third-order valence-corrected chi connectivity index (χ3v) is 2.35. The Kier molecular flexibility index (Phi) is 5.82. The van der Waals surface area contributed by atoms with Crippen LogP contribution in [0.5, 0.6) is 5.88 Å². The molecule has 0 saturated carbocycles. The number of likely N-dealkylation sites (N-methyl/N-ethyl adjacent to an activating group) is 1. The SMILES string of the molecule is CCNC(COC)Cc1ccc(OC)nc1. The van der Waals surface area contributed by atoms with Gasteiger partial charge in [-0.2, -0.15) is 0 Å². The van der Waals surface area contributed by atoms with Crippen LogP contribution in [-0.2, 0) is 11.2 Å². The van der Waals surface area contributed by atoms with Crippen LogP contribution in [0.3, 0.4) is 0 Å². The number of rotatable bonds is 7. The Labute approximate surface area is 97.0 Å². The first-order valence-corrected chi connectivity index (χ1v) is 5.51. The number of nitrogens with one attached hydrogen (secondary N) is 1.